The van der Waals surface area contributed by atoms with Crippen LogP contribution in [0.4, 0.5) is 0 Å². The van der Waals surface area contributed by atoms with Gasteiger partial charge in [-0.2, -0.15) is 0 Å². The Morgan fingerprint density at radius 1 is 1.23 bits per heavy atom. The van der Waals surface area contributed by atoms with Crippen molar-refractivity contribution < 1.29 is 9.53 Å². The van der Waals surface area contributed by atoms with Crippen LogP contribution in [0, 0.1) is 0 Å². The van der Waals surface area contributed by atoms with Crippen molar-refractivity contribution in [2.24, 2.45) is 0 Å². The first-order valence-corrected chi connectivity index (χ1v) is 8.29. The Morgan fingerprint density at radius 3 is 2.36 bits per heavy atom. The van der Waals surface area contributed by atoms with Crippen LogP contribution in [0.1, 0.15) is 70.8 Å². The lowest BCUT2D eigenvalue weighted by Crippen LogP contribution is -2.12. The van der Waals surface area contributed by atoms with Crippen molar-refractivity contribution in [1.82, 2.24) is 5.32 Å². The molecule has 0 aliphatic carbocycles. The molecule has 0 aromatic heterocycles. The summed E-state index contributed by atoms with van der Waals surface area (Å²) in [7, 11) is 0. The Kier molecular flexibility index (Phi) is 16.0. The summed E-state index contributed by atoms with van der Waals surface area (Å²) in [6.45, 7) is 15.3. The lowest BCUT2D eigenvalue weighted by Gasteiger charge is -2.14. The number of hydrogen-bond acceptors (Lipinski definition) is 3. The fourth-order valence-electron chi connectivity index (χ4n) is 1.55. The summed E-state index contributed by atoms with van der Waals surface area (Å²) < 4.78 is 5.68. The van der Waals surface area contributed by atoms with Crippen LogP contribution in [0.3, 0.4) is 0 Å². The second kappa shape index (κ2) is 15.6. The summed E-state index contributed by atoms with van der Waals surface area (Å²) >= 11 is 0. The van der Waals surface area contributed by atoms with Gasteiger partial charge in [0.05, 0.1) is 12.2 Å². The summed E-state index contributed by atoms with van der Waals surface area (Å²) in [4.78, 5) is 11.0. The van der Waals surface area contributed by atoms with Gasteiger partial charge in [-0.3, -0.25) is 4.79 Å². The second-order valence-corrected chi connectivity index (χ2v) is 4.13. The number of nitrogens with one attached hydrogen (secondary N) is 1. The lowest BCUT2D eigenvalue weighted by molar-refractivity contribution is 0.111. The van der Waals surface area contributed by atoms with Crippen LogP contribution in [-0.4, -0.2) is 12.9 Å². The van der Waals surface area contributed by atoms with Crippen LogP contribution in [-0.2, 0) is 6.54 Å². The number of aldehydes is 1. The van der Waals surface area contributed by atoms with E-state index in [0.29, 0.717) is 24.5 Å². The van der Waals surface area contributed by atoms with Crippen LogP contribution in [0.5, 0.6) is 5.75 Å². The molecule has 1 aromatic rings. The third-order valence-electron chi connectivity index (χ3n) is 2.70. The Labute approximate surface area is 136 Å². The van der Waals surface area contributed by atoms with Crippen molar-refractivity contribution in [3.8, 4) is 5.75 Å². The van der Waals surface area contributed by atoms with E-state index < -0.39 is 0 Å². The molecular weight excluding hydrogens is 274 g/mol. The fraction of sp³-hybridized carbons (Fsp3) is 0.526. The zero-order valence-electron chi connectivity index (χ0n) is 15.3. The van der Waals surface area contributed by atoms with Gasteiger partial charge in [0, 0.05) is 17.8 Å². The first-order chi connectivity index (χ1) is 10.7. The highest BCUT2D eigenvalue weighted by Gasteiger charge is 2.08. The maximum absolute atomic E-state index is 11.0. The largest absolute Gasteiger partial charge is 0.492 e. The number of para-hydroxylation sites is 1. The molecule has 126 valence electrons. The van der Waals surface area contributed by atoms with Gasteiger partial charge in [-0.05, 0) is 26.3 Å². The molecule has 0 unspecified atom stereocenters. The van der Waals surface area contributed by atoms with E-state index in [4.69, 9.17) is 4.74 Å². The molecule has 3 nitrogen and oxygen atoms in total. The van der Waals surface area contributed by atoms with Gasteiger partial charge in [0.25, 0.3) is 0 Å². The highest BCUT2D eigenvalue weighted by Crippen LogP contribution is 2.23. The minimum absolute atomic E-state index is 0.612. The van der Waals surface area contributed by atoms with Gasteiger partial charge < -0.3 is 10.1 Å². The number of allylic oxidation sites excluding steroid dienone is 2. The summed E-state index contributed by atoms with van der Waals surface area (Å²) in [5, 5.41) is 3.28. The molecular formula is C19H33NO2. The third kappa shape index (κ3) is 8.50. The van der Waals surface area contributed by atoms with Gasteiger partial charge in [-0.1, -0.05) is 52.8 Å². The monoisotopic (exact) mass is 307 g/mol. The molecule has 0 aliphatic rings. The van der Waals surface area contributed by atoms with Crippen LogP contribution in [0.15, 0.2) is 30.0 Å². The number of benzene rings is 1. The average Bonchev–Trinajstić information content (AvgIpc) is 2.61. The molecule has 0 saturated carbocycles. The second-order valence-electron chi connectivity index (χ2n) is 4.13. The average molecular weight is 307 g/mol. The van der Waals surface area contributed by atoms with Gasteiger partial charge in [-0.25, -0.2) is 0 Å². The van der Waals surface area contributed by atoms with E-state index >= 15 is 0 Å². The number of carbonyl (C=O) groups excluding carboxylic acids is 1. The van der Waals surface area contributed by atoms with Crippen molar-refractivity contribution in [3.05, 3.63) is 41.1 Å². The molecule has 0 spiro atoms. The number of ether oxygens (including phenoxy) is 1. The standard InChI is InChI=1S/C15H21NO2.2C2H6/c1-4-9-18-15-13(10-16-12(3)5-2)7-6-8-14(15)11-17;2*1-2/h5-8,11,16H,4,9-10H2,1-3H3;2*1-2H3. The number of rotatable bonds is 7. The van der Waals surface area contributed by atoms with E-state index in [1.165, 1.54) is 0 Å². The van der Waals surface area contributed by atoms with Crippen molar-refractivity contribution in [3.63, 3.8) is 0 Å². The highest BCUT2D eigenvalue weighted by molar-refractivity contribution is 5.80. The highest BCUT2D eigenvalue weighted by atomic mass is 16.5. The van der Waals surface area contributed by atoms with Gasteiger partial charge >= 0.3 is 0 Å². The molecule has 1 N–H and O–H groups in total. The molecule has 0 amide bonds. The Morgan fingerprint density at radius 2 is 1.86 bits per heavy atom. The van der Waals surface area contributed by atoms with Crippen molar-refractivity contribution >= 4 is 6.29 Å². The molecule has 0 atom stereocenters. The minimum atomic E-state index is 0.612. The van der Waals surface area contributed by atoms with E-state index in [9.17, 15) is 4.79 Å². The molecule has 0 radical (unpaired) electrons. The first-order valence-electron chi connectivity index (χ1n) is 8.29. The van der Waals surface area contributed by atoms with Crippen LogP contribution in [0.25, 0.3) is 0 Å². The van der Waals surface area contributed by atoms with E-state index in [-0.39, 0.29) is 0 Å². The summed E-state index contributed by atoms with van der Waals surface area (Å²) in [5.41, 5.74) is 2.73. The molecule has 0 aliphatic heterocycles. The van der Waals surface area contributed by atoms with Crippen LogP contribution < -0.4 is 10.1 Å². The van der Waals surface area contributed by atoms with E-state index in [0.717, 1.165) is 24.0 Å². The van der Waals surface area contributed by atoms with Gasteiger partial charge in [0.15, 0.2) is 6.29 Å². The lowest BCUT2D eigenvalue weighted by atomic mass is 10.1. The van der Waals surface area contributed by atoms with Crippen molar-refractivity contribution in [1.29, 1.82) is 0 Å². The zero-order valence-corrected chi connectivity index (χ0v) is 15.3. The third-order valence-corrected chi connectivity index (χ3v) is 2.70. The Hall–Kier alpha value is -1.77. The normalized spacial score (nSPS) is 9.68. The zero-order chi connectivity index (χ0) is 17.4. The van der Waals surface area contributed by atoms with Crippen LogP contribution in [0.2, 0.25) is 0 Å². The molecule has 0 fully saturated rings. The first kappa shape index (κ1) is 22.5. The van der Waals surface area contributed by atoms with E-state index in [1.54, 1.807) is 6.07 Å². The SMILES string of the molecule is CC.CC.CC=C(C)NCc1cccc(C=O)c1OCCC. The minimum Gasteiger partial charge on any atom is -0.492 e. The summed E-state index contributed by atoms with van der Waals surface area (Å²) in [6, 6.07) is 5.64. The van der Waals surface area contributed by atoms with Crippen molar-refractivity contribution in [2.45, 2.75) is 61.4 Å². The number of hydrogen-bond donors (Lipinski definition) is 1. The molecule has 0 bridgehead atoms. The predicted octanol–water partition coefficient (Wildman–Crippen LogP) is 5.35. The summed E-state index contributed by atoms with van der Waals surface area (Å²) in [5.74, 6) is 0.700. The predicted molar refractivity (Wildman–Crippen MR) is 96.6 cm³/mol. The molecule has 1 aromatic carbocycles. The Balaban J connectivity index is 0. The summed E-state index contributed by atoms with van der Waals surface area (Å²) in [6.07, 6.45) is 3.78. The maximum atomic E-state index is 11.0. The molecule has 22 heavy (non-hydrogen) atoms. The van der Waals surface area contributed by atoms with E-state index in [1.807, 2.05) is 66.7 Å². The fourth-order valence-corrected chi connectivity index (χ4v) is 1.55. The van der Waals surface area contributed by atoms with E-state index in [2.05, 4.69) is 5.32 Å². The van der Waals surface area contributed by atoms with Crippen molar-refractivity contribution in [2.75, 3.05) is 6.61 Å². The molecule has 1 rings (SSSR count). The number of carbonyl (C=O) groups is 1. The van der Waals surface area contributed by atoms with Crippen LogP contribution >= 0.6 is 0 Å². The molecule has 0 heterocycles. The smallest absolute Gasteiger partial charge is 0.153 e. The van der Waals surface area contributed by atoms with Gasteiger partial charge in [0.2, 0.25) is 0 Å². The molecule has 3 heteroatoms. The van der Waals surface area contributed by atoms with Gasteiger partial charge in [0.1, 0.15) is 5.75 Å². The Bertz CT molecular complexity index is 425. The quantitative estimate of drug-likeness (QED) is 0.690. The molecule has 0 saturated heterocycles. The topological polar surface area (TPSA) is 38.3 Å². The van der Waals surface area contributed by atoms with Gasteiger partial charge in [-0.15, -0.1) is 0 Å². The maximum Gasteiger partial charge on any atom is 0.153 e.